The van der Waals surface area contributed by atoms with Gasteiger partial charge in [0.1, 0.15) is 17.7 Å². The molecule has 0 radical (unpaired) electrons. The summed E-state index contributed by atoms with van der Waals surface area (Å²) in [4.78, 5) is 6.33. The molecule has 0 spiro atoms. The average molecular weight is 278 g/mol. The quantitative estimate of drug-likeness (QED) is 0.738. The van der Waals surface area contributed by atoms with Gasteiger partial charge in [0.05, 0.1) is 11.1 Å². The van der Waals surface area contributed by atoms with Crippen LogP contribution in [0.3, 0.4) is 0 Å². The van der Waals surface area contributed by atoms with Crippen LogP contribution >= 0.6 is 27.5 Å². The zero-order chi connectivity index (χ0) is 9.97. The zero-order valence-electron chi connectivity index (χ0n) is 7.54. The molecule has 0 atom stereocenters. The lowest BCUT2D eigenvalue weighted by Crippen LogP contribution is -2.33. The van der Waals surface area contributed by atoms with Crippen LogP contribution in [0.5, 0.6) is 0 Å². The molecule has 1 aliphatic rings. The molecule has 0 aromatic carbocycles. The van der Waals surface area contributed by atoms with Crippen molar-refractivity contribution in [2.45, 2.75) is 6.42 Å². The number of halogens is 2. The average Bonchev–Trinajstić information content (AvgIpc) is 2.23. The summed E-state index contributed by atoms with van der Waals surface area (Å²) < 4.78 is 6.30. The van der Waals surface area contributed by atoms with E-state index >= 15 is 0 Å². The van der Waals surface area contributed by atoms with Crippen LogP contribution in [0.2, 0.25) is 5.15 Å². The molecule has 0 saturated carbocycles. The second-order valence-electron chi connectivity index (χ2n) is 3.09. The van der Waals surface area contributed by atoms with E-state index in [2.05, 4.69) is 25.8 Å². The Morgan fingerprint density at radius 1 is 1.50 bits per heavy atom. The largest absolute Gasteiger partial charge is 0.361 e. The summed E-state index contributed by atoms with van der Waals surface area (Å²) in [7, 11) is 0. The maximum absolute atomic E-state index is 5.84. The Hall–Kier alpha value is -0.320. The van der Waals surface area contributed by atoms with Gasteiger partial charge in [-0.2, -0.15) is 0 Å². The molecular formula is C9H10BrClN2O. The lowest BCUT2D eigenvalue weighted by molar-refractivity contribution is 0.106. The van der Waals surface area contributed by atoms with E-state index < -0.39 is 0 Å². The highest BCUT2D eigenvalue weighted by atomic mass is 79.9. The van der Waals surface area contributed by atoms with Crippen LogP contribution in [-0.2, 0) is 4.74 Å². The third kappa shape index (κ3) is 2.19. The van der Waals surface area contributed by atoms with Crippen molar-refractivity contribution in [3.63, 3.8) is 0 Å². The monoisotopic (exact) mass is 276 g/mol. The molecular weight excluding hydrogens is 267 g/mol. The van der Waals surface area contributed by atoms with Gasteiger partial charge in [-0.3, -0.25) is 0 Å². The molecule has 0 amide bonds. The highest BCUT2D eigenvalue weighted by Crippen LogP contribution is 2.26. The first-order chi connectivity index (χ1) is 6.77. The van der Waals surface area contributed by atoms with E-state index in [4.69, 9.17) is 16.3 Å². The van der Waals surface area contributed by atoms with Crippen LogP contribution in [0.25, 0.3) is 0 Å². The number of nitrogens with zero attached hydrogens (tertiary/aromatic N) is 2. The number of rotatable bonds is 1. The van der Waals surface area contributed by atoms with E-state index in [9.17, 15) is 0 Å². The highest BCUT2D eigenvalue weighted by Gasteiger charge is 2.15. The normalized spacial score (nSPS) is 17.1. The molecule has 1 aromatic rings. The molecule has 0 bridgehead atoms. The van der Waals surface area contributed by atoms with Gasteiger partial charge in [-0.05, 0) is 34.5 Å². The van der Waals surface area contributed by atoms with Crippen LogP contribution in [0.15, 0.2) is 16.6 Å². The van der Waals surface area contributed by atoms with E-state index in [0.717, 1.165) is 29.9 Å². The Labute approximate surface area is 96.1 Å². The lowest BCUT2D eigenvalue weighted by Gasteiger charge is -2.28. The SMILES string of the molecule is Clc1ccc(Br)c(N2CCCOC2)n1. The molecule has 2 heterocycles. The third-order valence-electron chi connectivity index (χ3n) is 2.06. The summed E-state index contributed by atoms with van der Waals surface area (Å²) >= 11 is 9.28. The second kappa shape index (κ2) is 4.47. The maximum atomic E-state index is 5.84. The Balaban J connectivity index is 2.24. The number of aromatic nitrogens is 1. The van der Waals surface area contributed by atoms with Crippen LogP contribution in [-0.4, -0.2) is 24.9 Å². The van der Waals surface area contributed by atoms with Gasteiger partial charge in [0.15, 0.2) is 0 Å². The lowest BCUT2D eigenvalue weighted by atomic mass is 10.3. The van der Waals surface area contributed by atoms with Crippen molar-refractivity contribution >= 4 is 33.3 Å². The molecule has 1 aromatic heterocycles. The predicted octanol–water partition coefficient (Wildman–Crippen LogP) is 2.68. The van der Waals surface area contributed by atoms with Gasteiger partial charge in [0.2, 0.25) is 0 Å². The summed E-state index contributed by atoms with van der Waals surface area (Å²) in [6, 6.07) is 3.67. The predicted molar refractivity (Wildman–Crippen MR) is 59.7 cm³/mol. The summed E-state index contributed by atoms with van der Waals surface area (Å²) in [6.07, 6.45) is 1.03. The fourth-order valence-corrected chi connectivity index (χ4v) is 2.01. The maximum Gasteiger partial charge on any atom is 0.146 e. The molecule has 1 fully saturated rings. The molecule has 14 heavy (non-hydrogen) atoms. The van der Waals surface area contributed by atoms with Crippen molar-refractivity contribution in [3.8, 4) is 0 Å². The van der Waals surface area contributed by atoms with E-state index in [-0.39, 0.29) is 0 Å². The Kier molecular flexibility index (Phi) is 3.26. The Bertz CT molecular complexity index is 329. The summed E-state index contributed by atoms with van der Waals surface area (Å²) in [5, 5.41) is 0.508. The minimum absolute atomic E-state index is 0.508. The molecule has 76 valence electrons. The second-order valence-corrected chi connectivity index (χ2v) is 4.34. The van der Waals surface area contributed by atoms with E-state index in [1.54, 1.807) is 6.07 Å². The van der Waals surface area contributed by atoms with E-state index in [1.165, 1.54) is 0 Å². The minimum Gasteiger partial charge on any atom is -0.361 e. The first-order valence-electron chi connectivity index (χ1n) is 4.42. The molecule has 0 N–H and O–H groups in total. The van der Waals surface area contributed by atoms with Gasteiger partial charge in [-0.15, -0.1) is 0 Å². The fourth-order valence-electron chi connectivity index (χ4n) is 1.39. The first-order valence-corrected chi connectivity index (χ1v) is 5.59. The minimum atomic E-state index is 0.508. The molecule has 2 rings (SSSR count). The third-order valence-corrected chi connectivity index (χ3v) is 2.89. The number of anilines is 1. The molecule has 0 aliphatic carbocycles. The highest BCUT2D eigenvalue weighted by molar-refractivity contribution is 9.10. The Morgan fingerprint density at radius 2 is 2.36 bits per heavy atom. The number of ether oxygens (including phenoxy) is 1. The van der Waals surface area contributed by atoms with Crippen LogP contribution in [0.4, 0.5) is 5.82 Å². The van der Waals surface area contributed by atoms with Crippen LogP contribution in [0, 0.1) is 0 Å². The van der Waals surface area contributed by atoms with Crippen LogP contribution in [0.1, 0.15) is 6.42 Å². The van der Waals surface area contributed by atoms with E-state index in [1.807, 2.05) is 6.07 Å². The standard InChI is InChI=1S/C9H10BrClN2O/c10-7-2-3-8(11)12-9(7)13-4-1-5-14-6-13/h2-3H,1,4-6H2. The van der Waals surface area contributed by atoms with Gasteiger partial charge in [-0.1, -0.05) is 11.6 Å². The topological polar surface area (TPSA) is 25.4 Å². The molecule has 3 nitrogen and oxygen atoms in total. The number of hydrogen-bond donors (Lipinski definition) is 0. The van der Waals surface area contributed by atoms with Gasteiger partial charge in [0.25, 0.3) is 0 Å². The summed E-state index contributed by atoms with van der Waals surface area (Å²) in [5.74, 6) is 0.859. The van der Waals surface area contributed by atoms with Crippen molar-refractivity contribution in [2.24, 2.45) is 0 Å². The number of pyridine rings is 1. The van der Waals surface area contributed by atoms with Crippen molar-refractivity contribution in [3.05, 3.63) is 21.8 Å². The molecule has 1 saturated heterocycles. The van der Waals surface area contributed by atoms with Crippen molar-refractivity contribution in [2.75, 3.05) is 24.8 Å². The summed E-state index contributed by atoms with van der Waals surface area (Å²) in [6.45, 7) is 2.38. The van der Waals surface area contributed by atoms with Crippen molar-refractivity contribution < 1.29 is 4.74 Å². The van der Waals surface area contributed by atoms with Crippen molar-refractivity contribution in [1.29, 1.82) is 0 Å². The van der Waals surface area contributed by atoms with E-state index in [0.29, 0.717) is 11.9 Å². The smallest absolute Gasteiger partial charge is 0.146 e. The molecule has 1 aliphatic heterocycles. The molecule has 0 unspecified atom stereocenters. The fraction of sp³-hybridized carbons (Fsp3) is 0.444. The van der Waals surface area contributed by atoms with Crippen molar-refractivity contribution in [1.82, 2.24) is 4.98 Å². The van der Waals surface area contributed by atoms with Gasteiger partial charge < -0.3 is 9.64 Å². The van der Waals surface area contributed by atoms with Crippen LogP contribution < -0.4 is 4.90 Å². The van der Waals surface area contributed by atoms with Gasteiger partial charge in [0, 0.05) is 6.54 Å². The first kappa shape index (κ1) is 10.2. The van der Waals surface area contributed by atoms with Gasteiger partial charge >= 0.3 is 0 Å². The summed E-state index contributed by atoms with van der Waals surface area (Å²) in [5.41, 5.74) is 0. The number of hydrogen-bond acceptors (Lipinski definition) is 3. The Morgan fingerprint density at radius 3 is 3.07 bits per heavy atom. The zero-order valence-corrected chi connectivity index (χ0v) is 9.88. The molecule has 5 heteroatoms. The van der Waals surface area contributed by atoms with Gasteiger partial charge in [-0.25, -0.2) is 4.98 Å².